The van der Waals surface area contributed by atoms with Crippen molar-refractivity contribution in [3.8, 4) is 11.3 Å². The first-order valence-corrected chi connectivity index (χ1v) is 7.44. The van der Waals surface area contributed by atoms with Crippen molar-refractivity contribution in [3.63, 3.8) is 0 Å². The van der Waals surface area contributed by atoms with Crippen LogP contribution in [0.1, 0.15) is 5.56 Å². The van der Waals surface area contributed by atoms with E-state index >= 15 is 0 Å². The van der Waals surface area contributed by atoms with Crippen molar-refractivity contribution >= 4 is 29.4 Å². The van der Waals surface area contributed by atoms with Gasteiger partial charge in [0.05, 0.1) is 5.69 Å². The van der Waals surface area contributed by atoms with Gasteiger partial charge in [-0.05, 0) is 29.3 Å². The predicted molar refractivity (Wildman–Crippen MR) is 93.1 cm³/mol. The van der Waals surface area contributed by atoms with Gasteiger partial charge in [-0.25, -0.2) is 0 Å². The van der Waals surface area contributed by atoms with Crippen LogP contribution in [0.3, 0.4) is 0 Å². The zero-order valence-corrected chi connectivity index (χ0v) is 12.9. The molecule has 3 rings (SSSR count). The van der Waals surface area contributed by atoms with Crippen molar-refractivity contribution in [1.82, 2.24) is 10.2 Å². The van der Waals surface area contributed by atoms with Crippen LogP contribution in [-0.4, -0.2) is 16.1 Å². The molecule has 5 heteroatoms. The fraction of sp³-hybridized carbons (Fsp3) is 0. The summed E-state index contributed by atoms with van der Waals surface area (Å²) >= 11 is 5.87. The van der Waals surface area contributed by atoms with Crippen molar-refractivity contribution < 1.29 is 4.79 Å². The van der Waals surface area contributed by atoms with Crippen LogP contribution in [-0.2, 0) is 4.79 Å². The molecule has 4 nitrogen and oxygen atoms in total. The standard InChI is InChI=1S/C18H14ClN3O/c19-15-9-7-14(8-10-15)16-12-17(22-21-16)20-18(23)11-6-13-4-2-1-3-5-13/h1-12H,(H2,20,21,22,23)/b11-6+. The van der Waals surface area contributed by atoms with E-state index in [0.717, 1.165) is 16.8 Å². The van der Waals surface area contributed by atoms with Crippen LogP contribution >= 0.6 is 11.6 Å². The summed E-state index contributed by atoms with van der Waals surface area (Å²) in [5, 5.41) is 10.4. The fourth-order valence-electron chi connectivity index (χ4n) is 2.07. The smallest absolute Gasteiger partial charge is 0.249 e. The van der Waals surface area contributed by atoms with Gasteiger partial charge in [0.2, 0.25) is 5.91 Å². The molecule has 0 saturated carbocycles. The number of aromatic amines is 1. The third kappa shape index (κ3) is 4.08. The Hall–Kier alpha value is -2.85. The van der Waals surface area contributed by atoms with Gasteiger partial charge in [0.1, 0.15) is 0 Å². The van der Waals surface area contributed by atoms with E-state index in [2.05, 4.69) is 15.5 Å². The van der Waals surface area contributed by atoms with Gasteiger partial charge in [0.15, 0.2) is 5.82 Å². The number of anilines is 1. The van der Waals surface area contributed by atoms with Gasteiger partial charge in [-0.1, -0.05) is 54.1 Å². The van der Waals surface area contributed by atoms with Crippen LogP contribution in [0, 0.1) is 0 Å². The predicted octanol–water partition coefficient (Wildman–Crippen LogP) is 4.38. The highest BCUT2D eigenvalue weighted by molar-refractivity contribution is 6.30. The zero-order valence-electron chi connectivity index (χ0n) is 12.2. The van der Waals surface area contributed by atoms with E-state index in [-0.39, 0.29) is 5.91 Å². The third-order valence-electron chi connectivity index (χ3n) is 3.21. The Morgan fingerprint density at radius 3 is 2.57 bits per heavy atom. The van der Waals surface area contributed by atoms with Crippen LogP contribution < -0.4 is 5.32 Å². The quantitative estimate of drug-likeness (QED) is 0.700. The molecule has 0 spiro atoms. The molecule has 0 unspecified atom stereocenters. The molecule has 1 aromatic heterocycles. The van der Waals surface area contributed by atoms with Crippen LogP contribution in [0.25, 0.3) is 17.3 Å². The normalized spacial score (nSPS) is 10.8. The van der Waals surface area contributed by atoms with Gasteiger partial charge >= 0.3 is 0 Å². The first-order chi connectivity index (χ1) is 11.2. The molecule has 0 saturated heterocycles. The number of carbonyl (C=O) groups excluding carboxylic acids is 1. The van der Waals surface area contributed by atoms with Crippen molar-refractivity contribution in [2.24, 2.45) is 0 Å². The molecule has 3 aromatic rings. The number of amides is 1. The Morgan fingerprint density at radius 1 is 1.09 bits per heavy atom. The van der Waals surface area contributed by atoms with Crippen molar-refractivity contribution in [3.05, 3.63) is 77.3 Å². The highest BCUT2D eigenvalue weighted by Gasteiger charge is 2.05. The van der Waals surface area contributed by atoms with Crippen LogP contribution in [0.5, 0.6) is 0 Å². The Morgan fingerprint density at radius 2 is 1.83 bits per heavy atom. The molecular formula is C18H14ClN3O. The number of rotatable bonds is 4. The Labute approximate surface area is 138 Å². The summed E-state index contributed by atoms with van der Waals surface area (Å²) in [6, 6.07) is 18.8. The molecule has 0 atom stereocenters. The van der Waals surface area contributed by atoms with Gasteiger partial charge in [0, 0.05) is 17.2 Å². The second-order valence-corrected chi connectivity index (χ2v) is 5.34. The maximum absolute atomic E-state index is 11.9. The Kier molecular flexibility index (Phi) is 4.54. The SMILES string of the molecule is O=C(/C=C/c1ccccc1)Nc1cc(-c2ccc(Cl)cc2)[nH]n1. The highest BCUT2D eigenvalue weighted by Crippen LogP contribution is 2.21. The van der Waals surface area contributed by atoms with E-state index in [9.17, 15) is 4.79 Å². The number of hydrogen-bond acceptors (Lipinski definition) is 2. The van der Waals surface area contributed by atoms with E-state index in [4.69, 9.17) is 11.6 Å². The van der Waals surface area contributed by atoms with Crippen LogP contribution in [0.15, 0.2) is 66.7 Å². The van der Waals surface area contributed by atoms with Gasteiger partial charge in [-0.2, -0.15) is 5.10 Å². The second kappa shape index (κ2) is 6.94. The molecule has 2 N–H and O–H groups in total. The van der Waals surface area contributed by atoms with Crippen molar-refractivity contribution in [1.29, 1.82) is 0 Å². The summed E-state index contributed by atoms with van der Waals surface area (Å²) in [7, 11) is 0. The van der Waals surface area contributed by atoms with E-state index in [0.29, 0.717) is 10.8 Å². The molecule has 1 amide bonds. The number of hydrogen-bond donors (Lipinski definition) is 2. The molecule has 0 bridgehead atoms. The third-order valence-corrected chi connectivity index (χ3v) is 3.46. The number of benzene rings is 2. The second-order valence-electron chi connectivity index (χ2n) is 4.91. The number of nitrogens with one attached hydrogen (secondary N) is 2. The van der Waals surface area contributed by atoms with Gasteiger partial charge in [-0.3, -0.25) is 9.89 Å². The summed E-state index contributed by atoms with van der Waals surface area (Å²) in [5.74, 6) is 0.237. The number of carbonyl (C=O) groups is 1. The van der Waals surface area contributed by atoms with Crippen LogP contribution in [0.4, 0.5) is 5.82 Å². The lowest BCUT2D eigenvalue weighted by molar-refractivity contribution is -0.111. The van der Waals surface area contributed by atoms with Crippen molar-refractivity contribution in [2.45, 2.75) is 0 Å². The average Bonchev–Trinajstić information content (AvgIpc) is 3.03. The lowest BCUT2D eigenvalue weighted by atomic mass is 10.1. The van der Waals surface area contributed by atoms with Gasteiger partial charge in [0.25, 0.3) is 0 Å². The maximum Gasteiger partial charge on any atom is 0.249 e. The Balaban J connectivity index is 1.66. The number of H-pyrrole nitrogens is 1. The first kappa shape index (κ1) is 15.1. The average molecular weight is 324 g/mol. The number of halogens is 1. The lowest BCUT2D eigenvalue weighted by Crippen LogP contribution is -2.07. The van der Waals surface area contributed by atoms with E-state index < -0.39 is 0 Å². The Bertz CT molecular complexity index is 823. The summed E-state index contributed by atoms with van der Waals surface area (Å²) in [6.45, 7) is 0. The van der Waals surface area contributed by atoms with E-state index in [1.165, 1.54) is 6.08 Å². The summed E-state index contributed by atoms with van der Waals surface area (Å²) in [5.41, 5.74) is 2.72. The lowest BCUT2D eigenvalue weighted by Gasteiger charge is -1.97. The molecular weight excluding hydrogens is 310 g/mol. The fourth-order valence-corrected chi connectivity index (χ4v) is 2.19. The topological polar surface area (TPSA) is 57.8 Å². The maximum atomic E-state index is 11.9. The summed E-state index contributed by atoms with van der Waals surface area (Å²) < 4.78 is 0. The largest absolute Gasteiger partial charge is 0.306 e. The zero-order chi connectivity index (χ0) is 16.1. The van der Waals surface area contributed by atoms with E-state index in [1.54, 1.807) is 24.3 Å². The highest BCUT2D eigenvalue weighted by atomic mass is 35.5. The first-order valence-electron chi connectivity index (χ1n) is 7.06. The molecule has 1 heterocycles. The summed E-state index contributed by atoms with van der Waals surface area (Å²) in [4.78, 5) is 11.9. The summed E-state index contributed by atoms with van der Waals surface area (Å²) in [6.07, 6.45) is 3.23. The molecule has 0 aliphatic heterocycles. The van der Waals surface area contributed by atoms with Gasteiger partial charge in [-0.15, -0.1) is 0 Å². The number of nitrogens with zero attached hydrogens (tertiary/aromatic N) is 1. The molecule has 0 radical (unpaired) electrons. The van der Waals surface area contributed by atoms with Gasteiger partial charge < -0.3 is 5.32 Å². The molecule has 0 aliphatic carbocycles. The monoisotopic (exact) mass is 323 g/mol. The molecule has 114 valence electrons. The minimum absolute atomic E-state index is 0.233. The molecule has 0 fully saturated rings. The van der Waals surface area contributed by atoms with E-state index in [1.807, 2.05) is 42.5 Å². The molecule has 0 aliphatic rings. The molecule has 2 aromatic carbocycles. The number of aromatic nitrogens is 2. The minimum Gasteiger partial charge on any atom is -0.306 e. The molecule has 23 heavy (non-hydrogen) atoms. The minimum atomic E-state index is -0.233. The van der Waals surface area contributed by atoms with Crippen LogP contribution in [0.2, 0.25) is 5.02 Å². The van der Waals surface area contributed by atoms with Crippen molar-refractivity contribution in [2.75, 3.05) is 5.32 Å².